The van der Waals surface area contributed by atoms with Crippen molar-refractivity contribution < 1.29 is 4.74 Å². The number of methoxy groups -OCH3 is 1. The molecule has 1 aromatic heterocycles. The van der Waals surface area contributed by atoms with Gasteiger partial charge in [-0.3, -0.25) is 10.00 Å². The van der Waals surface area contributed by atoms with Crippen molar-refractivity contribution in [1.82, 2.24) is 20.1 Å². The Labute approximate surface area is 129 Å². The molecule has 0 saturated carbocycles. The summed E-state index contributed by atoms with van der Waals surface area (Å²) in [5.41, 5.74) is 1.74. The molecule has 0 amide bonds. The number of rotatable bonds is 4. The van der Waals surface area contributed by atoms with E-state index < -0.39 is 0 Å². The van der Waals surface area contributed by atoms with E-state index in [1.165, 1.54) is 0 Å². The van der Waals surface area contributed by atoms with Crippen LogP contribution >= 0.6 is 0 Å². The van der Waals surface area contributed by atoms with Gasteiger partial charge < -0.3 is 4.74 Å². The molecule has 22 heavy (non-hydrogen) atoms. The molecule has 2 heterocycles. The second kappa shape index (κ2) is 6.26. The number of nitrogens with zero attached hydrogens (tertiary/aromatic N) is 4. The quantitative estimate of drug-likeness (QED) is 0.933. The maximum atomic E-state index is 9.25. The first-order chi connectivity index (χ1) is 10.7. The second-order valence-electron chi connectivity index (χ2n) is 5.59. The van der Waals surface area contributed by atoms with E-state index in [0.29, 0.717) is 12.1 Å². The van der Waals surface area contributed by atoms with Gasteiger partial charge in [0.15, 0.2) is 5.82 Å². The zero-order valence-electron chi connectivity index (χ0n) is 12.8. The van der Waals surface area contributed by atoms with Crippen molar-refractivity contribution in [1.29, 1.82) is 5.26 Å². The van der Waals surface area contributed by atoms with E-state index in [1.54, 1.807) is 7.11 Å². The molecule has 0 unspecified atom stereocenters. The number of aryl methyl sites for hydroxylation is 1. The minimum absolute atomic E-state index is 0.113. The number of aromatic amines is 1. The summed E-state index contributed by atoms with van der Waals surface area (Å²) in [7, 11) is 1.73. The lowest BCUT2D eigenvalue weighted by Crippen LogP contribution is -2.25. The molecule has 1 aliphatic rings. The van der Waals surface area contributed by atoms with Crippen LogP contribution in [0.25, 0.3) is 0 Å². The SMILES string of the molecule is CO[C@@H]1C[C@@H](c2n[nH]c(C)n2)N(Cc2ccccc2C#N)C1. The second-order valence-corrected chi connectivity index (χ2v) is 5.59. The molecule has 6 nitrogen and oxygen atoms in total. The van der Waals surface area contributed by atoms with Gasteiger partial charge in [0.25, 0.3) is 0 Å². The van der Waals surface area contributed by atoms with Gasteiger partial charge in [0, 0.05) is 20.2 Å². The third-order valence-electron chi connectivity index (χ3n) is 4.12. The van der Waals surface area contributed by atoms with E-state index in [1.807, 2.05) is 31.2 Å². The molecule has 2 atom stereocenters. The molecule has 1 fully saturated rings. The molecule has 1 aromatic carbocycles. The van der Waals surface area contributed by atoms with E-state index >= 15 is 0 Å². The average Bonchev–Trinajstić information content (AvgIpc) is 3.14. The number of nitriles is 1. The number of hydrogen-bond acceptors (Lipinski definition) is 5. The van der Waals surface area contributed by atoms with E-state index in [4.69, 9.17) is 4.74 Å². The number of nitrogens with one attached hydrogen (secondary N) is 1. The van der Waals surface area contributed by atoms with Crippen molar-refractivity contribution in [2.24, 2.45) is 0 Å². The van der Waals surface area contributed by atoms with Crippen molar-refractivity contribution in [3.05, 3.63) is 47.0 Å². The van der Waals surface area contributed by atoms with Gasteiger partial charge in [-0.1, -0.05) is 18.2 Å². The zero-order valence-corrected chi connectivity index (χ0v) is 12.8. The number of ether oxygens (including phenoxy) is 1. The lowest BCUT2D eigenvalue weighted by atomic mass is 10.1. The summed E-state index contributed by atoms with van der Waals surface area (Å²) in [5, 5.41) is 16.5. The Morgan fingerprint density at radius 1 is 1.45 bits per heavy atom. The van der Waals surface area contributed by atoms with E-state index in [9.17, 15) is 5.26 Å². The highest BCUT2D eigenvalue weighted by Gasteiger charge is 2.35. The molecule has 1 aliphatic heterocycles. The summed E-state index contributed by atoms with van der Waals surface area (Å²) in [6.07, 6.45) is 1.03. The van der Waals surface area contributed by atoms with Gasteiger partial charge >= 0.3 is 0 Å². The van der Waals surface area contributed by atoms with Crippen LogP contribution < -0.4 is 0 Å². The van der Waals surface area contributed by atoms with Gasteiger partial charge in [-0.2, -0.15) is 10.4 Å². The van der Waals surface area contributed by atoms with Crippen molar-refractivity contribution in [2.75, 3.05) is 13.7 Å². The van der Waals surface area contributed by atoms with Crippen LogP contribution in [0.15, 0.2) is 24.3 Å². The smallest absolute Gasteiger partial charge is 0.167 e. The number of hydrogen-bond donors (Lipinski definition) is 1. The first-order valence-corrected chi connectivity index (χ1v) is 7.35. The molecular weight excluding hydrogens is 278 g/mol. The molecule has 0 spiro atoms. The highest BCUT2D eigenvalue weighted by Crippen LogP contribution is 2.33. The van der Waals surface area contributed by atoms with Crippen LogP contribution in [0.5, 0.6) is 0 Å². The van der Waals surface area contributed by atoms with Gasteiger partial charge in [0.05, 0.1) is 23.8 Å². The Bertz CT molecular complexity index is 690. The predicted molar refractivity (Wildman–Crippen MR) is 80.8 cm³/mol. The molecule has 0 aliphatic carbocycles. The minimum Gasteiger partial charge on any atom is -0.380 e. The molecular formula is C16H19N5O. The third-order valence-corrected chi connectivity index (χ3v) is 4.12. The summed E-state index contributed by atoms with van der Waals surface area (Å²) < 4.78 is 5.52. The fourth-order valence-corrected chi connectivity index (χ4v) is 2.97. The summed E-state index contributed by atoms with van der Waals surface area (Å²) in [4.78, 5) is 6.75. The van der Waals surface area contributed by atoms with Crippen LogP contribution in [0.4, 0.5) is 0 Å². The standard InChI is InChI=1S/C16H19N5O/c1-11-18-16(20-19-11)15-7-14(22-2)10-21(15)9-13-6-4-3-5-12(13)8-17/h3-6,14-15H,7,9-10H2,1-2H3,(H,18,19,20)/t14-,15+/m1/s1. The normalized spacial score (nSPS) is 21.9. The lowest BCUT2D eigenvalue weighted by Gasteiger charge is -2.22. The van der Waals surface area contributed by atoms with Gasteiger partial charge in [-0.15, -0.1) is 0 Å². The highest BCUT2D eigenvalue weighted by molar-refractivity contribution is 5.37. The van der Waals surface area contributed by atoms with Crippen molar-refractivity contribution in [3.8, 4) is 6.07 Å². The Kier molecular flexibility index (Phi) is 4.18. The van der Waals surface area contributed by atoms with Gasteiger partial charge in [-0.05, 0) is 25.0 Å². The molecule has 0 radical (unpaired) electrons. The van der Waals surface area contributed by atoms with E-state index in [-0.39, 0.29) is 12.1 Å². The molecule has 1 saturated heterocycles. The van der Waals surface area contributed by atoms with Crippen molar-refractivity contribution in [2.45, 2.75) is 32.0 Å². The van der Waals surface area contributed by atoms with Crippen LogP contribution in [-0.4, -0.2) is 39.8 Å². The first-order valence-electron chi connectivity index (χ1n) is 7.35. The zero-order chi connectivity index (χ0) is 15.5. The van der Waals surface area contributed by atoms with Crippen LogP contribution in [0.2, 0.25) is 0 Å². The Morgan fingerprint density at radius 2 is 2.27 bits per heavy atom. The van der Waals surface area contributed by atoms with Crippen molar-refractivity contribution >= 4 is 0 Å². The fourth-order valence-electron chi connectivity index (χ4n) is 2.97. The molecule has 2 aromatic rings. The van der Waals surface area contributed by atoms with Crippen molar-refractivity contribution in [3.63, 3.8) is 0 Å². The molecule has 1 N–H and O–H groups in total. The number of likely N-dealkylation sites (tertiary alicyclic amines) is 1. The third kappa shape index (κ3) is 2.86. The topological polar surface area (TPSA) is 77.8 Å². The maximum Gasteiger partial charge on any atom is 0.167 e. The van der Waals surface area contributed by atoms with Gasteiger partial charge in [-0.25, -0.2) is 4.98 Å². The van der Waals surface area contributed by atoms with Gasteiger partial charge in [0.2, 0.25) is 0 Å². The summed E-state index contributed by atoms with van der Waals surface area (Å²) in [6, 6.07) is 10.1. The van der Waals surface area contributed by atoms with Gasteiger partial charge in [0.1, 0.15) is 5.82 Å². The fraction of sp³-hybridized carbons (Fsp3) is 0.438. The summed E-state index contributed by atoms with van der Waals surface area (Å²) in [6.45, 7) is 3.41. The summed E-state index contributed by atoms with van der Waals surface area (Å²) in [5.74, 6) is 1.61. The number of H-pyrrole nitrogens is 1. The number of aromatic nitrogens is 3. The minimum atomic E-state index is 0.113. The molecule has 0 bridgehead atoms. The predicted octanol–water partition coefficient (Wildman–Crippen LogP) is 1.95. The molecule has 3 rings (SSSR count). The number of benzene rings is 1. The van der Waals surface area contributed by atoms with E-state index in [0.717, 1.165) is 30.2 Å². The average molecular weight is 297 g/mol. The van der Waals surface area contributed by atoms with Crippen LogP contribution in [0.3, 0.4) is 0 Å². The largest absolute Gasteiger partial charge is 0.380 e. The molecule has 6 heteroatoms. The van der Waals surface area contributed by atoms with Crippen LogP contribution in [0, 0.1) is 18.3 Å². The van der Waals surface area contributed by atoms with Crippen LogP contribution in [0.1, 0.15) is 35.2 Å². The lowest BCUT2D eigenvalue weighted by molar-refractivity contribution is 0.107. The Morgan fingerprint density at radius 3 is 2.95 bits per heavy atom. The molecule has 114 valence electrons. The first kappa shape index (κ1) is 14.7. The van der Waals surface area contributed by atoms with E-state index in [2.05, 4.69) is 26.2 Å². The Hall–Kier alpha value is -2.23. The Balaban J connectivity index is 1.85. The maximum absolute atomic E-state index is 9.25. The highest BCUT2D eigenvalue weighted by atomic mass is 16.5. The van der Waals surface area contributed by atoms with Crippen LogP contribution in [-0.2, 0) is 11.3 Å². The summed E-state index contributed by atoms with van der Waals surface area (Å²) >= 11 is 0. The monoisotopic (exact) mass is 297 g/mol.